The Morgan fingerprint density at radius 2 is 1.85 bits per heavy atom. The maximum atomic E-state index is 14.3. The van der Waals surface area contributed by atoms with Crippen molar-refractivity contribution in [2.45, 2.75) is 25.6 Å². The van der Waals surface area contributed by atoms with E-state index < -0.39 is 23.3 Å². The zero-order valence-electron chi connectivity index (χ0n) is 14.3. The molecule has 1 saturated heterocycles. The van der Waals surface area contributed by atoms with Crippen LogP contribution in [0.25, 0.3) is 0 Å². The van der Waals surface area contributed by atoms with Gasteiger partial charge in [-0.05, 0) is 24.1 Å². The van der Waals surface area contributed by atoms with Gasteiger partial charge in [0.25, 0.3) is 0 Å². The highest BCUT2D eigenvalue weighted by Crippen LogP contribution is 2.35. The van der Waals surface area contributed by atoms with Gasteiger partial charge < -0.3 is 14.7 Å². The Morgan fingerprint density at radius 1 is 1.23 bits per heavy atom. The number of anilines is 2. The van der Waals surface area contributed by atoms with Gasteiger partial charge in [-0.2, -0.15) is 0 Å². The van der Waals surface area contributed by atoms with Gasteiger partial charge in [-0.15, -0.1) is 0 Å². The van der Waals surface area contributed by atoms with Gasteiger partial charge in [-0.3, -0.25) is 5.32 Å². The second-order valence-corrected chi connectivity index (χ2v) is 6.41. The van der Waals surface area contributed by atoms with E-state index in [9.17, 15) is 18.7 Å². The number of carbonyl (C=O) groups excluding carboxylic acids is 1. The lowest BCUT2D eigenvalue weighted by Gasteiger charge is -2.47. The van der Waals surface area contributed by atoms with E-state index in [-0.39, 0.29) is 31.1 Å². The second-order valence-electron chi connectivity index (χ2n) is 6.41. The summed E-state index contributed by atoms with van der Waals surface area (Å²) in [6, 6.07) is 11.1. The van der Waals surface area contributed by atoms with Crippen molar-refractivity contribution >= 4 is 17.5 Å². The monoisotopic (exact) mass is 362 g/mol. The van der Waals surface area contributed by atoms with Gasteiger partial charge in [0.15, 0.2) is 11.6 Å². The topological polar surface area (TPSA) is 61.8 Å². The summed E-state index contributed by atoms with van der Waals surface area (Å²) in [5, 5.41) is 12.3. The molecule has 0 radical (unpaired) electrons. The predicted molar refractivity (Wildman–Crippen MR) is 94.1 cm³/mol. The molecule has 3 rings (SSSR count). The first-order valence-electron chi connectivity index (χ1n) is 8.34. The third kappa shape index (κ3) is 3.94. The number of nitrogens with one attached hydrogen (secondary N) is 1. The van der Waals surface area contributed by atoms with E-state index in [2.05, 4.69) is 5.32 Å². The maximum absolute atomic E-state index is 14.3. The van der Waals surface area contributed by atoms with Crippen molar-refractivity contribution in [3.8, 4) is 0 Å². The first-order chi connectivity index (χ1) is 12.4. The Labute approximate surface area is 150 Å². The van der Waals surface area contributed by atoms with Gasteiger partial charge in [0.2, 0.25) is 0 Å². The number of halogens is 2. The van der Waals surface area contributed by atoms with Crippen molar-refractivity contribution in [2.75, 3.05) is 23.3 Å². The maximum Gasteiger partial charge on any atom is 0.411 e. The van der Waals surface area contributed by atoms with Crippen LogP contribution >= 0.6 is 0 Å². The van der Waals surface area contributed by atoms with Gasteiger partial charge in [0.05, 0.1) is 5.60 Å². The number of hydrogen-bond acceptors (Lipinski definition) is 4. The zero-order valence-corrected chi connectivity index (χ0v) is 14.3. The summed E-state index contributed by atoms with van der Waals surface area (Å²) in [6.07, 6.45) is -0.288. The normalized spacial score (nSPS) is 15.3. The Bertz CT molecular complexity index is 770. The summed E-state index contributed by atoms with van der Waals surface area (Å²) in [4.78, 5) is 13.2. The number of hydrogen-bond donors (Lipinski definition) is 2. The lowest BCUT2D eigenvalue weighted by atomic mass is 9.90. The third-order valence-electron chi connectivity index (χ3n) is 4.42. The molecule has 2 aromatic carbocycles. The summed E-state index contributed by atoms with van der Waals surface area (Å²) in [5.41, 5.74) is -0.340. The largest absolute Gasteiger partial charge is 0.444 e. The Balaban J connectivity index is 1.62. The molecular weight excluding hydrogens is 342 g/mol. The molecule has 0 saturated carbocycles. The highest BCUT2D eigenvalue weighted by atomic mass is 19.1. The van der Waals surface area contributed by atoms with Crippen LogP contribution in [0, 0.1) is 11.6 Å². The fourth-order valence-corrected chi connectivity index (χ4v) is 2.86. The molecule has 1 amide bonds. The fraction of sp³-hybridized carbons (Fsp3) is 0.316. The number of amides is 1. The van der Waals surface area contributed by atoms with Crippen LogP contribution in [-0.2, 0) is 11.3 Å². The van der Waals surface area contributed by atoms with Crippen molar-refractivity contribution in [1.82, 2.24) is 0 Å². The van der Waals surface area contributed by atoms with Crippen LogP contribution in [0.15, 0.2) is 42.5 Å². The number of rotatable bonds is 5. The van der Waals surface area contributed by atoms with Crippen LogP contribution in [-0.4, -0.2) is 29.9 Å². The van der Waals surface area contributed by atoms with E-state index in [1.165, 1.54) is 4.90 Å². The molecule has 0 aliphatic carbocycles. The number of nitrogens with zero attached hydrogens (tertiary/aromatic N) is 1. The molecule has 2 N–H and O–H groups in total. The van der Waals surface area contributed by atoms with Crippen LogP contribution in [0.2, 0.25) is 0 Å². The lowest BCUT2D eigenvalue weighted by molar-refractivity contribution is 0.00781. The highest BCUT2D eigenvalue weighted by molar-refractivity contribution is 5.85. The molecule has 2 aromatic rings. The minimum absolute atomic E-state index is 0.0342. The van der Waals surface area contributed by atoms with E-state index in [0.29, 0.717) is 6.42 Å². The highest BCUT2D eigenvalue weighted by Gasteiger charge is 2.41. The Hall–Kier alpha value is -2.67. The molecule has 1 heterocycles. The quantitative estimate of drug-likeness (QED) is 0.852. The van der Waals surface area contributed by atoms with Crippen LogP contribution in [0.5, 0.6) is 0 Å². The molecule has 0 atom stereocenters. The van der Waals surface area contributed by atoms with Crippen molar-refractivity contribution in [1.29, 1.82) is 0 Å². The average Bonchev–Trinajstić information content (AvgIpc) is 2.58. The third-order valence-corrected chi connectivity index (χ3v) is 4.42. The summed E-state index contributed by atoms with van der Waals surface area (Å²) < 4.78 is 33.6. The number of aliphatic hydroxyl groups is 1. The molecule has 1 fully saturated rings. The Morgan fingerprint density at radius 3 is 2.42 bits per heavy atom. The zero-order chi connectivity index (χ0) is 18.7. The van der Waals surface area contributed by atoms with Crippen LogP contribution in [0.1, 0.15) is 18.9 Å². The molecule has 1 aliphatic rings. The fourth-order valence-electron chi connectivity index (χ4n) is 2.86. The van der Waals surface area contributed by atoms with Gasteiger partial charge in [0.1, 0.15) is 12.3 Å². The molecule has 0 spiro atoms. The SMILES string of the molecule is CCC1(O)CN(c2c(F)cc(NC(=O)OCc3ccccc3)cc2F)C1. The minimum atomic E-state index is -0.906. The minimum Gasteiger partial charge on any atom is -0.444 e. The Kier molecular flexibility index (Phi) is 5.08. The van der Waals surface area contributed by atoms with Crippen molar-refractivity contribution in [3.05, 3.63) is 59.7 Å². The molecule has 0 bridgehead atoms. The van der Waals surface area contributed by atoms with Crippen molar-refractivity contribution < 1.29 is 23.4 Å². The summed E-state index contributed by atoms with van der Waals surface area (Å²) >= 11 is 0. The second kappa shape index (κ2) is 7.29. The summed E-state index contributed by atoms with van der Waals surface area (Å²) in [5.74, 6) is -1.61. The molecule has 0 unspecified atom stereocenters. The van der Waals surface area contributed by atoms with E-state index in [0.717, 1.165) is 17.7 Å². The van der Waals surface area contributed by atoms with Crippen LogP contribution in [0.3, 0.4) is 0 Å². The molecule has 7 heteroatoms. The van der Waals surface area contributed by atoms with Crippen LogP contribution < -0.4 is 10.2 Å². The van der Waals surface area contributed by atoms with Crippen LogP contribution in [0.4, 0.5) is 25.0 Å². The number of carbonyl (C=O) groups is 1. The van der Waals surface area contributed by atoms with E-state index in [1.54, 1.807) is 12.1 Å². The van der Waals surface area contributed by atoms with Crippen molar-refractivity contribution in [2.24, 2.45) is 0 Å². The smallest absolute Gasteiger partial charge is 0.411 e. The molecule has 138 valence electrons. The molecular formula is C19H20F2N2O3. The summed E-state index contributed by atoms with van der Waals surface area (Å²) in [7, 11) is 0. The molecule has 1 aliphatic heterocycles. The first-order valence-corrected chi connectivity index (χ1v) is 8.34. The van der Waals surface area contributed by atoms with Gasteiger partial charge in [-0.25, -0.2) is 13.6 Å². The van der Waals surface area contributed by atoms with Gasteiger partial charge >= 0.3 is 6.09 Å². The van der Waals surface area contributed by atoms with Crippen molar-refractivity contribution in [3.63, 3.8) is 0 Å². The predicted octanol–water partition coefficient (Wildman–Crippen LogP) is 3.67. The lowest BCUT2D eigenvalue weighted by Crippen LogP contribution is -2.62. The van der Waals surface area contributed by atoms with E-state index in [1.807, 2.05) is 25.1 Å². The number of benzene rings is 2. The standard InChI is InChI=1S/C19H20F2N2O3/c1-2-19(25)11-23(12-19)17-15(20)8-14(9-16(17)21)22-18(24)26-10-13-6-4-3-5-7-13/h3-9,25H,2,10-12H2,1H3,(H,22,24). The van der Waals surface area contributed by atoms with E-state index in [4.69, 9.17) is 4.74 Å². The molecule has 0 aromatic heterocycles. The summed E-state index contributed by atoms with van der Waals surface area (Å²) in [6.45, 7) is 2.21. The van der Waals surface area contributed by atoms with Gasteiger partial charge in [0, 0.05) is 18.8 Å². The average molecular weight is 362 g/mol. The molecule has 26 heavy (non-hydrogen) atoms. The van der Waals surface area contributed by atoms with Gasteiger partial charge in [-0.1, -0.05) is 37.3 Å². The first kappa shape index (κ1) is 18.1. The number of β-amino-alcohol motifs (C(OH)–C–C–N with tert-alkyl or cyclic N) is 1. The molecule has 5 nitrogen and oxygen atoms in total. The number of ether oxygens (including phenoxy) is 1. The van der Waals surface area contributed by atoms with E-state index >= 15 is 0 Å².